The summed E-state index contributed by atoms with van der Waals surface area (Å²) in [5.41, 5.74) is 9.32. The van der Waals surface area contributed by atoms with Crippen LogP contribution < -0.4 is 5.73 Å². The minimum Gasteiger partial charge on any atom is -0.399 e. The van der Waals surface area contributed by atoms with E-state index in [4.69, 9.17) is 5.73 Å². The molecule has 0 spiro atoms. The van der Waals surface area contributed by atoms with Crippen LogP contribution >= 0.6 is 0 Å². The minimum absolute atomic E-state index is 0.851. The molecular formula is C14H22N2. The van der Waals surface area contributed by atoms with Crippen LogP contribution in [0.1, 0.15) is 30.9 Å². The second kappa shape index (κ2) is 4.88. The Morgan fingerprint density at radius 2 is 2.25 bits per heavy atom. The highest BCUT2D eigenvalue weighted by Gasteiger charge is 2.16. The summed E-state index contributed by atoms with van der Waals surface area (Å²) in [4.78, 5) is 2.55. The Balaban J connectivity index is 2.00. The first-order valence-corrected chi connectivity index (χ1v) is 6.22. The van der Waals surface area contributed by atoms with E-state index in [1.165, 1.54) is 37.1 Å². The summed E-state index contributed by atoms with van der Waals surface area (Å²) < 4.78 is 0. The number of piperidine rings is 1. The van der Waals surface area contributed by atoms with Crippen LogP contribution in [-0.2, 0) is 6.54 Å². The topological polar surface area (TPSA) is 29.3 Å². The number of likely N-dealkylation sites (tertiary alicyclic amines) is 1. The molecule has 1 heterocycles. The van der Waals surface area contributed by atoms with Crippen molar-refractivity contribution in [1.29, 1.82) is 0 Å². The third-order valence-corrected chi connectivity index (χ3v) is 3.48. The lowest BCUT2D eigenvalue weighted by atomic mass is 9.99. The fourth-order valence-corrected chi connectivity index (χ4v) is 2.52. The maximum Gasteiger partial charge on any atom is 0.0343 e. The first-order chi connectivity index (χ1) is 7.65. The van der Waals surface area contributed by atoms with Gasteiger partial charge >= 0.3 is 0 Å². The summed E-state index contributed by atoms with van der Waals surface area (Å²) in [6.45, 7) is 7.99. The van der Waals surface area contributed by atoms with Gasteiger partial charge in [-0.1, -0.05) is 19.1 Å². The molecule has 0 bridgehead atoms. The summed E-state index contributed by atoms with van der Waals surface area (Å²) >= 11 is 0. The average molecular weight is 218 g/mol. The highest BCUT2D eigenvalue weighted by Crippen LogP contribution is 2.19. The Morgan fingerprint density at radius 3 is 2.94 bits per heavy atom. The number of benzene rings is 1. The van der Waals surface area contributed by atoms with E-state index in [-0.39, 0.29) is 0 Å². The molecule has 1 unspecified atom stereocenters. The van der Waals surface area contributed by atoms with Crippen LogP contribution in [0.2, 0.25) is 0 Å². The Morgan fingerprint density at radius 1 is 1.44 bits per heavy atom. The van der Waals surface area contributed by atoms with Gasteiger partial charge in [0.2, 0.25) is 0 Å². The predicted molar refractivity (Wildman–Crippen MR) is 69.3 cm³/mol. The van der Waals surface area contributed by atoms with Crippen molar-refractivity contribution < 1.29 is 0 Å². The highest BCUT2D eigenvalue weighted by molar-refractivity contribution is 5.47. The standard InChI is InChI=1S/C14H22N2/c1-11-4-3-7-16(9-11)10-13-5-6-14(15)12(2)8-13/h5-6,8,11H,3-4,7,9-10,15H2,1-2H3. The van der Waals surface area contributed by atoms with Crippen molar-refractivity contribution in [1.82, 2.24) is 4.90 Å². The second-order valence-corrected chi connectivity index (χ2v) is 5.17. The van der Waals surface area contributed by atoms with Gasteiger partial charge in [-0.2, -0.15) is 0 Å². The lowest BCUT2D eigenvalue weighted by molar-refractivity contribution is 0.176. The first-order valence-electron chi connectivity index (χ1n) is 6.22. The highest BCUT2D eigenvalue weighted by atomic mass is 15.1. The average Bonchev–Trinajstić information content (AvgIpc) is 2.24. The smallest absolute Gasteiger partial charge is 0.0343 e. The maximum atomic E-state index is 5.83. The molecule has 1 aliphatic heterocycles. The molecular weight excluding hydrogens is 196 g/mol. The van der Waals surface area contributed by atoms with E-state index in [1.807, 2.05) is 6.07 Å². The Kier molecular flexibility index (Phi) is 3.49. The van der Waals surface area contributed by atoms with E-state index in [0.29, 0.717) is 0 Å². The predicted octanol–water partition coefficient (Wildman–Crippen LogP) is 2.81. The van der Waals surface area contributed by atoms with Gasteiger partial charge in [0.15, 0.2) is 0 Å². The van der Waals surface area contributed by atoms with E-state index in [1.54, 1.807) is 0 Å². The summed E-state index contributed by atoms with van der Waals surface area (Å²) in [6.07, 6.45) is 2.73. The molecule has 0 amide bonds. The van der Waals surface area contributed by atoms with Crippen LogP contribution in [0.3, 0.4) is 0 Å². The van der Waals surface area contributed by atoms with Gasteiger partial charge in [-0.3, -0.25) is 4.90 Å². The molecule has 1 aromatic rings. The van der Waals surface area contributed by atoms with E-state index in [0.717, 1.165) is 18.2 Å². The molecule has 1 aromatic carbocycles. The Labute approximate surface area is 98.4 Å². The van der Waals surface area contributed by atoms with Crippen LogP contribution in [0.15, 0.2) is 18.2 Å². The quantitative estimate of drug-likeness (QED) is 0.773. The van der Waals surface area contributed by atoms with Crippen molar-refractivity contribution in [3.05, 3.63) is 29.3 Å². The number of nitrogens with zero attached hydrogens (tertiary/aromatic N) is 1. The second-order valence-electron chi connectivity index (χ2n) is 5.17. The van der Waals surface area contributed by atoms with E-state index in [2.05, 4.69) is 30.9 Å². The van der Waals surface area contributed by atoms with Gasteiger partial charge in [0, 0.05) is 18.8 Å². The summed E-state index contributed by atoms with van der Waals surface area (Å²) in [5.74, 6) is 0.851. The van der Waals surface area contributed by atoms with Crippen LogP contribution in [0.25, 0.3) is 0 Å². The Bertz CT molecular complexity index is 360. The first kappa shape index (κ1) is 11.5. The van der Waals surface area contributed by atoms with Crippen molar-refractivity contribution in [2.24, 2.45) is 5.92 Å². The van der Waals surface area contributed by atoms with Crippen LogP contribution in [-0.4, -0.2) is 18.0 Å². The minimum atomic E-state index is 0.851. The third kappa shape index (κ3) is 2.76. The summed E-state index contributed by atoms with van der Waals surface area (Å²) in [5, 5.41) is 0. The van der Waals surface area contributed by atoms with Crippen LogP contribution in [0.5, 0.6) is 0 Å². The fourth-order valence-electron chi connectivity index (χ4n) is 2.52. The Hall–Kier alpha value is -1.02. The van der Waals surface area contributed by atoms with Crippen molar-refractivity contribution in [3.8, 4) is 0 Å². The van der Waals surface area contributed by atoms with E-state index in [9.17, 15) is 0 Å². The van der Waals surface area contributed by atoms with Gasteiger partial charge < -0.3 is 5.73 Å². The molecule has 1 saturated heterocycles. The number of nitrogen functional groups attached to an aromatic ring is 1. The van der Waals surface area contributed by atoms with Crippen LogP contribution in [0, 0.1) is 12.8 Å². The van der Waals surface area contributed by atoms with Gasteiger partial charge in [0.1, 0.15) is 0 Å². The van der Waals surface area contributed by atoms with E-state index >= 15 is 0 Å². The molecule has 1 atom stereocenters. The molecule has 88 valence electrons. The third-order valence-electron chi connectivity index (χ3n) is 3.48. The molecule has 16 heavy (non-hydrogen) atoms. The number of hydrogen-bond donors (Lipinski definition) is 1. The molecule has 2 N–H and O–H groups in total. The molecule has 2 rings (SSSR count). The molecule has 2 nitrogen and oxygen atoms in total. The summed E-state index contributed by atoms with van der Waals surface area (Å²) in [7, 11) is 0. The van der Waals surface area contributed by atoms with Gasteiger partial charge in [-0.05, 0) is 49.4 Å². The van der Waals surface area contributed by atoms with Crippen molar-refractivity contribution in [2.75, 3.05) is 18.8 Å². The van der Waals surface area contributed by atoms with E-state index < -0.39 is 0 Å². The summed E-state index contributed by atoms with van der Waals surface area (Å²) in [6, 6.07) is 6.40. The SMILES string of the molecule is Cc1cc(CN2CCCC(C)C2)ccc1N. The van der Waals surface area contributed by atoms with Crippen molar-refractivity contribution in [3.63, 3.8) is 0 Å². The largest absolute Gasteiger partial charge is 0.399 e. The number of hydrogen-bond acceptors (Lipinski definition) is 2. The van der Waals surface area contributed by atoms with Gasteiger partial charge in [-0.25, -0.2) is 0 Å². The zero-order valence-electron chi connectivity index (χ0n) is 10.4. The van der Waals surface area contributed by atoms with Gasteiger partial charge in [-0.15, -0.1) is 0 Å². The lowest BCUT2D eigenvalue weighted by Crippen LogP contribution is -2.33. The number of aryl methyl sites for hydroxylation is 1. The molecule has 0 aliphatic carbocycles. The molecule has 0 aromatic heterocycles. The number of nitrogens with two attached hydrogens (primary N) is 1. The van der Waals surface area contributed by atoms with Crippen molar-refractivity contribution in [2.45, 2.75) is 33.2 Å². The van der Waals surface area contributed by atoms with Gasteiger partial charge in [0.05, 0.1) is 0 Å². The van der Waals surface area contributed by atoms with Crippen LogP contribution in [0.4, 0.5) is 5.69 Å². The monoisotopic (exact) mass is 218 g/mol. The lowest BCUT2D eigenvalue weighted by Gasteiger charge is -2.30. The van der Waals surface area contributed by atoms with Gasteiger partial charge in [0.25, 0.3) is 0 Å². The molecule has 2 heteroatoms. The maximum absolute atomic E-state index is 5.83. The number of anilines is 1. The number of rotatable bonds is 2. The zero-order valence-corrected chi connectivity index (χ0v) is 10.4. The molecule has 0 radical (unpaired) electrons. The molecule has 1 fully saturated rings. The normalized spacial score (nSPS) is 22.2. The molecule has 1 aliphatic rings. The fraction of sp³-hybridized carbons (Fsp3) is 0.571. The van der Waals surface area contributed by atoms with Crippen molar-refractivity contribution >= 4 is 5.69 Å². The zero-order chi connectivity index (χ0) is 11.5. The molecule has 0 saturated carbocycles.